The number of imidazole rings is 1. The molecule has 1 aliphatic rings. The Balaban J connectivity index is 1.57. The molecule has 0 saturated carbocycles. The molecule has 0 radical (unpaired) electrons. The Labute approximate surface area is 187 Å². The van der Waals surface area contributed by atoms with Gasteiger partial charge in [-0.3, -0.25) is 9.98 Å². The largest absolute Gasteiger partial charge is 0.493 e. The number of thiophene rings is 1. The predicted molar refractivity (Wildman–Crippen MR) is 124 cm³/mol. The molecular formula is C22H25N7O2S. The van der Waals surface area contributed by atoms with Gasteiger partial charge in [-0.05, 0) is 64.0 Å². The molecule has 4 aromatic heterocycles. The highest BCUT2D eigenvalue weighted by atomic mass is 32.1. The lowest BCUT2D eigenvalue weighted by atomic mass is 10.3. The summed E-state index contributed by atoms with van der Waals surface area (Å²) < 4.78 is 1.72. The van der Waals surface area contributed by atoms with Crippen LogP contribution >= 0.6 is 11.3 Å². The molecule has 9 nitrogen and oxygen atoms in total. The van der Waals surface area contributed by atoms with E-state index in [1.807, 2.05) is 6.07 Å². The van der Waals surface area contributed by atoms with Crippen LogP contribution in [0.1, 0.15) is 29.8 Å². The monoisotopic (exact) mass is 451 g/mol. The van der Waals surface area contributed by atoms with Crippen molar-refractivity contribution in [3.05, 3.63) is 56.2 Å². The fraction of sp³-hybridized carbons (Fsp3) is 0.364. The summed E-state index contributed by atoms with van der Waals surface area (Å²) in [5, 5.41) is 15.1. The van der Waals surface area contributed by atoms with Gasteiger partial charge in [0, 0.05) is 22.7 Å². The third-order valence-corrected chi connectivity index (χ3v) is 6.64. The summed E-state index contributed by atoms with van der Waals surface area (Å²) in [5.41, 5.74) is 2.00. The number of rotatable bonds is 6. The van der Waals surface area contributed by atoms with Gasteiger partial charge >= 0.3 is 5.69 Å². The summed E-state index contributed by atoms with van der Waals surface area (Å²) >= 11 is 1.68. The molecule has 0 unspecified atom stereocenters. The number of aromatic nitrogens is 5. The van der Waals surface area contributed by atoms with E-state index in [1.165, 1.54) is 30.8 Å². The first-order valence-corrected chi connectivity index (χ1v) is 11.6. The standard InChI is InChI=1S/C22H25N7O2S/c1-14-5-6-18(32-14)16-12-19(23-7-4-10-28-8-2-3-9-28)29-20(25-16)15(13-24-29)11-17-21(30)27-22(31)26-17/h5-6,11-13,30H,2-4,7-10H2,1H3,(H2,26,27,31). The van der Waals surface area contributed by atoms with Crippen LogP contribution < -0.4 is 16.4 Å². The number of likely N-dealkylation sites (tertiary alicyclic amines) is 1. The van der Waals surface area contributed by atoms with E-state index in [1.54, 1.807) is 28.1 Å². The van der Waals surface area contributed by atoms with Crippen LogP contribution in [0.25, 0.3) is 22.3 Å². The number of nitrogens with one attached hydrogen (secondary N) is 2. The average molecular weight is 452 g/mol. The fourth-order valence-electron chi connectivity index (χ4n) is 4.02. The Hall–Kier alpha value is -3.24. The van der Waals surface area contributed by atoms with Crippen LogP contribution in [0.2, 0.25) is 0 Å². The number of aromatic hydroxyl groups is 1. The van der Waals surface area contributed by atoms with Crippen molar-refractivity contribution in [3.63, 3.8) is 0 Å². The minimum atomic E-state index is -0.471. The van der Waals surface area contributed by atoms with Crippen molar-refractivity contribution in [2.24, 2.45) is 4.99 Å². The molecule has 5 rings (SSSR count). The summed E-state index contributed by atoms with van der Waals surface area (Å²) in [4.78, 5) is 30.8. The molecule has 166 valence electrons. The van der Waals surface area contributed by atoms with Gasteiger partial charge in [-0.2, -0.15) is 9.61 Å². The highest BCUT2D eigenvalue weighted by Gasteiger charge is 2.12. The minimum absolute atomic E-state index is 0.216. The van der Waals surface area contributed by atoms with Crippen LogP contribution in [0.4, 0.5) is 0 Å². The highest BCUT2D eigenvalue weighted by molar-refractivity contribution is 7.15. The van der Waals surface area contributed by atoms with Gasteiger partial charge in [-0.15, -0.1) is 11.3 Å². The first-order valence-electron chi connectivity index (χ1n) is 10.8. The maximum atomic E-state index is 11.5. The number of fused-ring (bicyclic) bond motifs is 1. The average Bonchev–Trinajstić information content (AvgIpc) is 3.55. The van der Waals surface area contributed by atoms with Crippen molar-refractivity contribution >= 4 is 23.1 Å². The normalized spacial score (nSPS) is 16.0. The smallest absolute Gasteiger partial charge is 0.326 e. The third-order valence-electron chi connectivity index (χ3n) is 5.61. The van der Waals surface area contributed by atoms with Crippen LogP contribution in [-0.2, 0) is 0 Å². The van der Waals surface area contributed by atoms with E-state index in [4.69, 9.17) is 9.98 Å². The van der Waals surface area contributed by atoms with Crippen LogP contribution in [-0.4, -0.2) is 60.8 Å². The van der Waals surface area contributed by atoms with Crippen LogP contribution in [0.3, 0.4) is 0 Å². The predicted octanol–water partition coefficient (Wildman–Crippen LogP) is 1.42. The second-order valence-electron chi connectivity index (χ2n) is 8.01. The first-order chi connectivity index (χ1) is 15.6. The molecule has 5 heterocycles. The molecular weight excluding hydrogens is 426 g/mol. The molecule has 0 atom stereocenters. The molecule has 0 spiro atoms. The lowest BCUT2D eigenvalue weighted by molar-refractivity contribution is 0.335. The molecule has 10 heteroatoms. The number of aryl methyl sites for hydroxylation is 1. The van der Waals surface area contributed by atoms with Gasteiger partial charge in [0.2, 0.25) is 5.88 Å². The fourth-order valence-corrected chi connectivity index (χ4v) is 4.85. The van der Waals surface area contributed by atoms with Crippen molar-refractivity contribution < 1.29 is 5.11 Å². The number of H-pyrrole nitrogens is 2. The molecule has 4 aromatic rings. The lowest BCUT2D eigenvalue weighted by Crippen LogP contribution is -2.22. The molecule has 1 fully saturated rings. The Bertz CT molecular complexity index is 1420. The molecule has 0 bridgehead atoms. The maximum absolute atomic E-state index is 11.5. The Kier molecular flexibility index (Phi) is 5.62. The van der Waals surface area contributed by atoms with E-state index in [2.05, 4.69) is 39.0 Å². The van der Waals surface area contributed by atoms with E-state index >= 15 is 0 Å². The summed E-state index contributed by atoms with van der Waals surface area (Å²) in [5.74, 6) is -0.216. The molecule has 1 saturated heterocycles. The maximum Gasteiger partial charge on any atom is 0.326 e. The molecule has 0 aliphatic carbocycles. The van der Waals surface area contributed by atoms with Crippen molar-refractivity contribution in [1.29, 1.82) is 0 Å². The highest BCUT2D eigenvalue weighted by Crippen LogP contribution is 2.25. The quantitative estimate of drug-likeness (QED) is 0.384. The summed E-state index contributed by atoms with van der Waals surface area (Å²) in [6.45, 7) is 6.22. The van der Waals surface area contributed by atoms with Gasteiger partial charge in [0.15, 0.2) is 11.1 Å². The van der Waals surface area contributed by atoms with Crippen molar-refractivity contribution in [3.8, 4) is 16.5 Å². The van der Waals surface area contributed by atoms with Gasteiger partial charge in [0.05, 0.1) is 16.8 Å². The van der Waals surface area contributed by atoms with E-state index in [0.29, 0.717) is 17.4 Å². The topological polar surface area (TPSA) is 115 Å². The van der Waals surface area contributed by atoms with E-state index in [-0.39, 0.29) is 11.6 Å². The van der Waals surface area contributed by atoms with Crippen molar-refractivity contribution in [2.75, 3.05) is 26.2 Å². The van der Waals surface area contributed by atoms with Gasteiger partial charge < -0.3 is 15.0 Å². The molecule has 1 aliphatic heterocycles. The second-order valence-corrected chi connectivity index (χ2v) is 9.30. The van der Waals surface area contributed by atoms with Crippen LogP contribution in [0.15, 0.2) is 34.2 Å². The third kappa shape index (κ3) is 4.23. The summed E-state index contributed by atoms with van der Waals surface area (Å²) in [6, 6.07) is 6.11. The molecule has 3 N–H and O–H groups in total. The zero-order valence-corrected chi connectivity index (χ0v) is 18.7. The van der Waals surface area contributed by atoms with E-state index in [9.17, 15) is 9.90 Å². The van der Waals surface area contributed by atoms with Gasteiger partial charge in [0.25, 0.3) is 0 Å². The SMILES string of the molecule is Cc1ccc(-c2cc(=NCCCN3CCCC3)n3ncc(=Cc4[nH]c(=O)[nH]c4O)c3n2)s1. The minimum Gasteiger partial charge on any atom is -0.493 e. The Morgan fingerprint density at radius 2 is 2.12 bits per heavy atom. The molecule has 0 aromatic carbocycles. The second kappa shape index (κ2) is 8.71. The Morgan fingerprint density at radius 3 is 2.84 bits per heavy atom. The van der Waals surface area contributed by atoms with Gasteiger partial charge in [0.1, 0.15) is 5.69 Å². The van der Waals surface area contributed by atoms with Crippen LogP contribution in [0.5, 0.6) is 5.88 Å². The Morgan fingerprint density at radius 1 is 1.28 bits per heavy atom. The van der Waals surface area contributed by atoms with Crippen molar-refractivity contribution in [2.45, 2.75) is 26.2 Å². The van der Waals surface area contributed by atoms with E-state index < -0.39 is 5.69 Å². The first kappa shape index (κ1) is 20.7. The number of aromatic amines is 2. The van der Waals surface area contributed by atoms with Crippen molar-refractivity contribution in [1.82, 2.24) is 29.5 Å². The van der Waals surface area contributed by atoms with Gasteiger partial charge in [-0.1, -0.05) is 0 Å². The number of hydrogen-bond donors (Lipinski definition) is 3. The summed E-state index contributed by atoms with van der Waals surface area (Å²) in [6.07, 6.45) is 6.90. The zero-order valence-electron chi connectivity index (χ0n) is 17.8. The summed E-state index contributed by atoms with van der Waals surface area (Å²) in [7, 11) is 0. The van der Waals surface area contributed by atoms with E-state index in [0.717, 1.165) is 29.0 Å². The van der Waals surface area contributed by atoms with Gasteiger partial charge in [-0.25, -0.2) is 9.78 Å². The number of nitrogens with zero attached hydrogens (tertiary/aromatic N) is 5. The molecule has 0 amide bonds. The number of hydrogen-bond acceptors (Lipinski definition) is 7. The molecule has 32 heavy (non-hydrogen) atoms. The zero-order chi connectivity index (χ0) is 22.1. The lowest BCUT2D eigenvalue weighted by Gasteiger charge is -2.12. The van der Waals surface area contributed by atoms with Crippen LogP contribution in [0, 0.1) is 6.92 Å².